The van der Waals surface area contributed by atoms with Gasteiger partial charge in [-0.25, -0.2) is 4.39 Å². The molecule has 6 heteroatoms. The summed E-state index contributed by atoms with van der Waals surface area (Å²) in [4.78, 5) is 16.2. The maximum Gasteiger partial charge on any atom is 0.226 e. The van der Waals surface area contributed by atoms with E-state index in [9.17, 15) is 9.18 Å². The lowest BCUT2D eigenvalue weighted by atomic mass is 10.1. The first-order chi connectivity index (χ1) is 12.1. The number of aryl methyl sites for hydroxylation is 2. The van der Waals surface area contributed by atoms with Crippen molar-refractivity contribution in [3.8, 4) is 11.4 Å². The molecule has 1 heterocycles. The minimum Gasteiger partial charge on any atom is -0.339 e. The second-order valence-electron chi connectivity index (χ2n) is 5.76. The van der Waals surface area contributed by atoms with E-state index in [2.05, 4.69) is 15.5 Å². The van der Waals surface area contributed by atoms with Gasteiger partial charge in [-0.3, -0.25) is 4.79 Å². The zero-order valence-corrected chi connectivity index (χ0v) is 13.8. The number of rotatable bonds is 6. The highest BCUT2D eigenvalue weighted by molar-refractivity contribution is 5.90. The first-order valence-corrected chi connectivity index (χ1v) is 8.06. The minimum atomic E-state index is -0.449. The lowest BCUT2D eigenvalue weighted by molar-refractivity contribution is -0.116. The molecule has 0 aliphatic heterocycles. The predicted molar refractivity (Wildman–Crippen MR) is 92.4 cm³/mol. The SMILES string of the molecule is Cc1cccc(-c2noc(CCCC(=O)Nc3ccccc3F)n2)c1. The molecule has 3 aromatic rings. The molecule has 1 amide bonds. The number of carbonyl (C=O) groups excluding carboxylic acids is 1. The molecular formula is C19H18FN3O2. The van der Waals surface area contributed by atoms with E-state index >= 15 is 0 Å². The number of hydrogen-bond donors (Lipinski definition) is 1. The van der Waals surface area contributed by atoms with Crippen molar-refractivity contribution in [1.29, 1.82) is 0 Å². The molecule has 0 fully saturated rings. The molecule has 0 saturated carbocycles. The fourth-order valence-electron chi connectivity index (χ4n) is 2.43. The zero-order chi connectivity index (χ0) is 17.6. The summed E-state index contributed by atoms with van der Waals surface area (Å²) in [7, 11) is 0. The Balaban J connectivity index is 1.51. The molecule has 0 bridgehead atoms. The largest absolute Gasteiger partial charge is 0.339 e. The lowest BCUT2D eigenvalue weighted by Crippen LogP contribution is -2.12. The Hall–Kier alpha value is -3.02. The summed E-state index contributed by atoms with van der Waals surface area (Å²) in [5, 5.41) is 6.52. The number of carbonyl (C=O) groups is 1. The van der Waals surface area contributed by atoms with Crippen molar-refractivity contribution in [3.05, 3.63) is 65.8 Å². The van der Waals surface area contributed by atoms with Crippen molar-refractivity contribution >= 4 is 11.6 Å². The van der Waals surface area contributed by atoms with Crippen LogP contribution in [0.25, 0.3) is 11.4 Å². The molecule has 0 unspecified atom stereocenters. The Morgan fingerprint density at radius 3 is 2.84 bits per heavy atom. The van der Waals surface area contributed by atoms with Crippen molar-refractivity contribution < 1.29 is 13.7 Å². The van der Waals surface area contributed by atoms with Crippen LogP contribution >= 0.6 is 0 Å². The lowest BCUT2D eigenvalue weighted by Gasteiger charge is -2.05. The molecule has 3 rings (SSSR count). The molecule has 128 valence electrons. The van der Waals surface area contributed by atoms with Gasteiger partial charge in [0.15, 0.2) is 0 Å². The normalized spacial score (nSPS) is 10.6. The smallest absolute Gasteiger partial charge is 0.226 e. The summed E-state index contributed by atoms with van der Waals surface area (Å²) in [5.41, 5.74) is 2.20. The van der Waals surface area contributed by atoms with E-state index in [4.69, 9.17) is 4.52 Å². The Kier molecular flexibility index (Phi) is 5.18. The second-order valence-corrected chi connectivity index (χ2v) is 5.76. The fraction of sp³-hybridized carbons (Fsp3) is 0.211. The van der Waals surface area contributed by atoms with Crippen LogP contribution in [-0.4, -0.2) is 16.0 Å². The summed E-state index contributed by atoms with van der Waals surface area (Å²) in [5.74, 6) is 0.323. The Morgan fingerprint density at radius 1 is 1.20 bits per heavy atom. The van der Waals surface area contributed by atoms with Crippen LogP contribution in [0.15, 0.2) is 53.1 Å². The molecule has 0 spiro atoms. The Bertz CT molecular complexity index is 876. The van der Waals surface area contributed by atoms with Crippen LogP contribution in [0.5, 0.6) is 0 Å². The van der Waals surface area contributed by atoms with Gasteiger partial charge >= 0.3 is 0 Å². The molecule has 0 saturated heterocycles. The summed E-state index contributed by atoms with van der Waals surface area (Å²) in [6.45, 7) is 2.00. The van der Waals surface area contributed by atoms with Gasteiger partial charge in [-0.2, -0.15) is 4.98 Å². The third kappa shape index (κ3) is 4.50. The minimum absolute atomic E-state index is 0.187. The highest BCUT2D eigenvalue weighted by atomic mass is 19.1. The van der Waals surface area contributed by atoms with Crippen molar-refractivity contribution in [2.24, 2.45) is 0 Å². The monoisotopic (exact) mass is 339 g/mol. The summed E-state index contributed by atoms with van der Waals surface area (Å²) < 4.78 is 18.7. The Morgan fingerprint density at radius 2 is 2.04 bits per heavy atom. The molecule has 2 aromatic carbocycles. The number of nitrogens with one attached hydrogen (secondary N) is 1. The van der Waals surface area contributed by atoms with Gasteiger partial charge in [0, 0.05) is 18.4 Å². The number of anilines is 1. The van der Waals surface area contributed by atoms with Crippen LogP contribution < -0.4 is 5.32 Å². The molecule has 1 aromatic heterocycles. The standard InChI is InChI=1S/C19H18FN3O2/c1-13-6-4-7-14(12-13)19-22-18(25-23-19)11-5-10-17(24)21-16-9-3-2-8-15(16)20/h2-4,6-9,12H,5,10-11H2,1H3,(H,21,24). The zero-order valence-electron chi connectivity index (χ0n) is 13.8. The number of amides is 1. The van der Waals surface area contributed by atoms with Crippen LogP contribution in [0.2, 0.25) is 0 Å². The van der Waals surface area contributed by atoms with Gasteiger partial charge in [0.25, 0.3) is 0 Å². The maximum atomic E-state index is 13.5. The van der Waals surface area contributed by atoms with Gasteiger partial charge in [-0.1, -0.05) is 41.1 Å². The van der Waals surface area contributed by atoms with Gasteiger partial charge in [0.1, 0.15) is 5.82 Å². The summed E-state index contributed by atoms with van der Waals surface area (Å²) in [6, 6.07) is 13.9. The van der Waals surface area contributed by atoms with E-state index in [-0.39, 0.29) is 18.0 Å². The van der Waals surface area contributed by atoms with E-state index in [0.29, 0.717) is 24.6 Å². The van der Waals surface area contributed by atoms with Gasteiger partial charge in [0.2, 0.25) is 17.6 Å². The molecule has 0 atom stereocenters. The van der Waals surface area contributed by atoms with Crippen molar-refractivity contribution in [3.63, 3.8) is 0 Å². The molecule has 25 heavy (non-hydrogen) atoms. The van der Waals surface area contributed by atoms with E-state index in [0.717, 1.165) is 11.1 Å². The number of hydrogen-bond acceptors (Lipinski definition) is 4. The van der Waals surface area contributed by atoms with Crippen LogP contribution in [0.1, 0.15) is 24.3 Å². The maximum absolute atomic E-state index is 13.5. The number of nitrogens with zero attached hydrogens (tertiary/aromatic N) is 2. The molecule has 5 nitrogen and oxygen atoms in total. The number of aromatic nitrogens is 2. The topological polar surface area (TPSA) is 68.0 Å². The average molecular weight is 339 g/mol. The van der Waals surface area contributed by atoms with Crippen molar-refractivity contribution in [1.82, 2.24) is 10.1 Å². The Labute approximate surface area is 144 Å². The van der Waals surface area contributed by atoms with Gasteiger partial charge in [-0.05, 0) is 31.5 Å². The van der Waals surface area contributed by atoms with Crippen LogP contribution in [0.4, 0.5) is 10.1 Å². The van der Waals surface area contributed by atoms with Crippen molar-refractivity contribution in [2.45, 2.75) is 26.2 Å². The summed E-state index contributed by atoms with van der Waals surface area (Å²) in [6.07, 6.45) is 1.27. The van der Waals surface area contributed by atoms with Crippen LogP contribution in [-0.2, 0) is 11.2 Å². The van der Waals surface area contributed by atoms with E-state index in [1.165, 1.54) is 12.1 Å². The number of halogens is 1. The van der Waals surface area contributed by atoms with Crippen LogP contribution in [0.3, 0.4) is 0 Å². The second kappa shape index (κ2) is 7.70. The van der Waals surface area contributed by atoms with Gasteiger partial charge in [-0.15, -0.1) is 0 Å². The number of benzene rings is 2. The van der Waals surface area contributed by atoms with E-state index in [1.807, 2.05) is 31.2 Å². The highest BCUT2D eigenvalue weighted by Gasteiger charge is 2.10. The predicted octanol–water partition coefficient (Wildman–Crippen LogP) is 4.15. The molecular weight excluding hydrogens is 321 g/mol. The average Bonchev–Trinajstić information content (AvgIpc) is 3.06. The molecule has 1 N–H and O–H groups in total. The van der Waals surface area contributed by atoms with Gasteiger partial charge in [0.05, 0.1) is 5.69 Å². The molecule has 0 aliphatic rings. The first-order valence-electron chi connectivity index (χ1n) is 8.06. The van der Waals surface area contributed by atoms with Crippen LogP contribution in [0, 0.1) is 12.7 Å². The fourth-order valence-corrected chi connectivity index (χ4v) is 2.43. The summed E-state index contributed by atoms with van der Waals surface area (Å²) >= 11 is 0. The van der Waals surface area contributed by atoms with E-state index < -0.39 is 5.82 Å². The third-order valence-electron chi connectivity index (χ3n) is 3.69. The first kappa shape index (κ1) is 16.8. The molecule has 0 aliphatic carbocycles. The highest BCUT2D eigenvalue weighted by Crippen LogP contribution is 2.18. The number of para-hydroxylation sites is 1. The van der Waals surface area contributed by atoms with Crippen molar-refractivity contribution in [2.75, 3.05) is 5.32 Å². The molecule has 0 radical (unpaired) electrons. The van der Waals surface area contributed by atoms with Gasteiger partial charge < -0.3 is 9.84 Å². The third-order valence-corrected chi connectivity index (χ3v) is 3.69. The van der Waals surface area contributed by atoms with E-state index in [1.54, 1.807) is 12.1 Å². The quantitative estimate of drug-likeness (QED) is 0.733.